The van der Waals surface area contributed by atoms with Crippen molar-refractivity contribution in [3.05, 3.63) is 153 Å². The molecule has 0 heterocycles. The van der Waals surface area contributed by atoms with Gasteiger partial charge in [0.1, 0.15) is 0 Å². The van der Waals surface area contributed by atoms with Crippen molar-refractivity contribution in [2.75, 3.05) is 11.9 Å². The Kier molecular flexibility index (Phi) is 10.4. The quantitative estimate of drug-likeness (QED) is 0.0917. The molecule has 0 aliphatic rings. The molecule has 0 N–H and O–H groups in total. The smallest absolute Gasteiger partial charge is 0.200 e. The Morgan fingerprint density at radius 2 is 0.534 bits per heavy atom. The third-order valence-electron chi connectivity index (χ3n) is 8.67. The minimum Gasteiger partial charge on any atom is -0.344 e. The number of anilines is 2. The molecule has 0 aromatic heterocycles. The molecule has 0 unspecified atom stereocenters. The Balaban J connectivity index is 2.14. The second-order valence-electron chi connectivity index (χ2n) is 11.7. The lowest BCUT2D eigenvalue weighted by Crippen LogP contribution is -2.17. The van der Waals surface area contributed by atoms with Crippen molar-refractivity contribution in [3.8, 4) is 44.5 Å². The first kappa shape index (κ1) is 41.4. The molecule has 0 bridgehead atoms. The molecule has 302 valence electrons. The number of hydrogen-bond donors (Lipinski definition) is 0. The number of nitrogens with zero attached hydrogens (tertiary/aromatic N) is 1. The van der Waals surface area contributed by atoms with Crippen LogP contribution < -0.4 is 4.90 Å². The second-order valence-corrected chi connectivity index (χ2v) is 11.7. The van der Waals surface area contributed by atoms with Crippen LogP contribution >= 0.6 is 0 Å². The number of rotatable bonds is 6. The van der Waals surface area contributed by atoms with E-state index in [4.69, 9.17) is 0 Å². The molecule has 0 atom stereocenters. The van der Waals surface area contributed by atoms with Crippen molar-refractivity contribution < 1.29 is 87.8 Å². The molecule has 0 saturated carbocycles. The van der Waals surface area contributed by atoms with Crippen LogP contribution in [0.2, 0.25) is 0 Å². The monoisotopic (exact) mass is 847 g/mol. The van der Waals surface area contributed by atoms with Gasteiger partial charge >= 0.3 is 0 Å². The largest absolute Gasteiger partial charge is 0.344 e. The van der Waals surface area contributed by atoms with Gasteiger partial charge in [-0.15, -0.1) is 0 Å². The maximum Gasteiger partial charge on any atom is 0.200 e. The third-order valence-corrected chi connectivity index (χ3v) is 8.67. The highest BCUT2D eigenvalue weighted by molar-refractivity contribution is 6.08. The van der Waals surface area contributed by atoms with Crippen LogP contribution in [0.1, 0.15) is 0 Å². The predicted octanol–water partition coefficient (Wildman–Crippen LogP) is 12.9. The lowest BCUT2D eigenvalue weighted by atomic mass is 9.80. The molecule has 0 saturated heterocycles. The average Bonchev–Trinajstić information content (AvgIpc) is 3.21. The second kappa shape index (κ2) is 14.6. The molecule has 0 aliphatic heterocycles. The summed E-state index contributed by atoms with van der Waals surface area (Å²) in [5, 5.41) is 0. The van der Waals surface area contributed by atoms with E-state index in [0.29, 0.717) is 11.9 Å². The van der Waals surface area contributed by atoms with E-state index in [2.05, 4.69) is 0 Å². The van der Waals surface area contributed by atoms with Crippen LogP contribution in [-0.4, -0.2) is 7.05 Å². The van der Waals surface area contributed by atoms with Gasteiger partial charge in [-0.25, -0.2) is 87.8 Å². The standard InChI is InChI=1S/C37H9F20N/c1-58(8-5-3-2-4-6-8)10-7-9(12-18(38)26(46)34(54)27(47)19(12)39)11(15-20(40)28(48)35(55)29(49)21(15)41)14(17-24(44)32(52)37(57)33(53)25(17)45)13(10)16-22(42)30(50)36(56)31(51)23(16)43/h2-7H,1H3. The first-order valence-corrected chi connectivity index (χ1v) is 15.2. The Morgan fingerprint density at radius 1 is 0.276 bits per heavy atom. The lowest BCUT2D eigenvalue weighted by Gasteiger charge is -2.30. The van der Waals surface area contributed by atoms with E-state index in [0.717, 1.165) is 24.3 Å². The van der Waals surface area contributed by atoms with Gasteiger partial charge < -0.3 is 4.90 Å². The van der Waals surface area contributed by atoms with Crippen molar-refractivity contribution in [1.29, 1.82) is 0 Å². The molecule has 6 aromatic rings. The van der Waals surface area contributed by atoms with Crippen LogP contribution in [0, 0.1) is 116 Å². The van der Waals surface area contributed by atoms with Gasteiger partial charge in [0, 0.05) is 29.4 Å². The Hall–Kier alpha value is -6.28. The highest BCUT2D eigenvalue weighted by Crippen LogP contribution is 2.56. The number of benzene rings is 6. The Labute approximate surface area is 308 Å². The molecule has 21 heteroatoms. The van der Waals surface area contributed by atoms with Gasteiger partial charge in [0.25, 0.3) is 0 Å². The molecule has 0 spiro atoms. The van der Waals surface area contributed by atoms with Crippen LogP contribution in [0.4, 0.5) is 99.2 Å². The summed E-state index contributed by atoms with van der Waals surface area (Å²) in [4.78, 5) is 0.390. The molecule has 0 amide bonds. The van der Waals surface area contributed by atoms with Gasteiger partial charge in [-0.1, -0.05) is 18.2 Å². The van der Waals surface area contributed by atoms with Gasteiger partial charge in [-0.2, -0.15) is 0 Å². The molecule has 6 rings (SSSR count). The van der Waals surface area contributed by atoms with E-state index in [-0.39, 0.29) is 6.07 Å². The molecule has 0 radical (unpaired) electrons. The van der Waals surface area contributed by atoms with Gasteiger partial charge in [0.05, 0.1) is 27.9 Å². The van der Waals surface area contributed by atoms with Crippen molar-refractivity contribution in [2.45, 2.75) is 0 Å². The van der Waals surface area contributed by atoms with Crippen molar-refractivity contribution >= 4 is 11.4 Å². The van der Waals surface area contributed by atoms with Crippen LogP contribution in [0.25, 0.3) is 44.5 Å². The van der Waals surface area contributed by atoms with E-state index in [1.54, 1.807) is 0 Å². The normalized spacial score (nSPS) is 11.5. The third kappa shape index (κ3) is 5.88. The van der Waals surface area contributed by atoms with Crippen LogP contribution in [0.3, 0.4) is 0 Å². The highest BCUT2D eigenvalue weighted by Gasteiger charge is 2.41. The number of para-hydroxylation sites is 1. The van der Waals surface area contributed by atoms with Gasteiger partial charge in [0.15, 0.2) is 93.1 Å². The first-order chi connectivity index (χ1) is 27.1. The summed E-state index contributed by atoms with van der Waals surface area (Å²) in [6, 6.07) is 5.22. The van der Waals surface area contributed by atoms with E-state index >= 15 is 43.9 Å². The van der Waals surface area contributed by atoms with Gasteiger partial charge in [-0.3, -0.25) is 0 Å². The van der Waals surface area contributed by atoms with Gasteiger partial charge in [-0.05, 0) is 23.8 Å². The Bertz CT molecular complexity index is 2630. The summed E-state index contributed by atoms with van der Waals surface area (Å²) < 4.78 is 304. The summed E-state index contributed by atoms with van der Waals surface area (Å²) in [7, 11) is 0.670. The minimum absolute atomic E-state index is 0.193. The predicted molar refractivity (Wildman–Crippen MR) is 162 cm³/mol. The summed E-state index contributed by atoms with van der Waals surface area (Å²) in [5.74, 6) is -61.9. The molecular weight excluding hydrogens is 838 g/mol. The summed E-state index contributed by atoms with van der Waals surface area (Å²) in [6.07, 6.45) is 0. The SMILES string of the molecule is CN(c1ccccc1)c1cc(-c2c(F)c(F)c(F)c(F)c2F)c(-c2c(F)c(F)c(F)c(F)c2F)c(-c2c(F)c(F)c(F)c(F)c2F)c1-c1c(F)c(F)c(F)c(F)c1F. The fraction of sp³-hybridized carbons (Fsp3) is 0.0270. The zero-order valence-corrected chi connectivity index (χ0v) is 27.5. The molecule has 58 heavy (non-hydrogen) atoms. The van der Waals surface area contributed by atoms with E-state index in [9.17, 15) is 43.9 Å². The summed E-state index contributed by atoms with van der Waals surface area (Å²) >= 11 is 0. The maximum absolute atomic E-state index is 16.0. The van der Waals surface area contributed by atoms with Crippen LogP contribution in [-0.2, 0) is 0 Å². The fourth-order valence-corrected chi connectivity index (χ4v) is 6.00. The minimum atomic E-state index is -3.20. The first-order valence-electron chi connectivity index (χ1n) is 15.2. The molecular formula is C37H9F20N. The van der Waals surface area contributed by atoms with Crippen molar-refractivity contribution in [2.24, 2.45) is 0 Å². The van der Waals surface area contributed by atoms with E-state index in [1.807, 2.05) is 0 Å². The molecule has 0 fully saturated rings. The highest BCUT2D eigenvalue weighted by atomic mass is 19.2. The average molecular weight is 847 g/mol. The van der Waals surface area contributed by atoms with E-state index in [1.165, 1.54) is 6.07 Å². The van der Waals surface area contributed by atoms with Crippen molar-refractivity contribution in [1.82, 2.24) is 0 Å². The maximum atomic E-state index is 16.0. The van der Waals surface area contributed by atoms with Crippen LogP contribution in [0.15, 0.2) is 36.4 Å². The van der Waals surface area contributed by atoms with Crippen molar-refractivity contribution in [3.63, 3.8) is 0 Å². The van der Waals surface area contributed by atoms with Gasteiger partial charge in [0.2, 0.25) is 23.3 Å². The number of halogens is 20. The molecule has 6 aromatic carbocycles. The zero-order valence-electron chi connectivity index (χ0n) is 27.5. The molecule has 0 aliphatic carbocycles. The van der Waals surface area contributed by atoms with E-state index < -0.39 is 172 Å². The Morgan fingerprint density at radius 3 is 0.862 bits per heavy atom. The molecule has 1 nitrogen and oxygen atoms in total. The summed E-state index contributed by atoms with van der Waals surface area (Å²) in [5.41, 5.74) is -22.2. The summed E-state index contributed by atoms with van der Waals surface area (Å²) in [6.45, 7) is 0. The fourth-order valence-electron chi connectivity index (χ4n) is 6.00. The number of hydrogen-bond acceptors (Lipinski definition) is 1. The lowest BCUT2D eigenvalue weighted by molar-refractivity contribution is 0.379. The zero-order chi connectivity index (χ0) is 43.1. The topological polar surface area (TPSA) is 3.24 Å². The van der Waals surface area contributed by atoms with Crippen LogP contribution in [0.5, 0.6) is 0 Å².